The number of pyridine rings is 1. The zero-order chi connectivity index (χ0) is 11.8. The molecule has 0 atom stereocenters. The van der Waals surface area contributed by atoms with Crippen molar-refractivity contribution in [1.82, 2.24) is 14.7 Å². The minimum absolute atomic E-state index is 0.270. The van der Waals surface area contributed by atoms with Crippen LogP contribution in [0.15, 0.2) is 22.9 Å². The van der Waals surface area contributed by atoms with Gasteiger partial charge < -0.3 is 10.4 Å². The lowest BCUT2D eigenvalue weighted by atomic mass is 9.97. The predicted octanol–water partition coefficient (Wildman–Crippen LogP) is 2.27. The molecule has 17 heavy (non-hydrogen) atoms. The molecule has 3 heterocycles. The Balaban J connectivity index is 2.13. The Hall–Kier alpha value is -1.07. The minimum Gasteiger partial charge on any atom is -0.506 e. The Bertz CT molecular complexity index is 546. The molecule has 1 aliphatic heterocycles. The summed E-state index contributed by atoms with van der Waals surface area (Å²) in [7, 11) is 0. The molecule has 5 heteroatoms. The quantitative estimate of drug-likeness (QED) is 0.848. The van der Waals surface area contributed by atoms with Gasteiger partial charge in [-0.1, -0.05) is 0 Å². The monoisotopic (exact) mass is 295 g/mol. The normalized spacial score (nSPS) is 17.7. The summed E-state index contributed by atoms with van der Waals surface area (Å²) < 4.78 is 2.72. The number of halogens is 1. The highest BCUT2D eigenvalue weighted by Gasteiger charge is 2.22. The molecule has 0 aromatic carbocycles. The van der Waals surface area contributed by atoms with Gasteiger partial charge in [0, 0.05) is 12.1 Å². The van der Waals surface area contributed by atoms with E-state index in [1.54, 1.807) is 6.07 Å². The highest BCUT2D eigenvalue weighted by atomic mass is 79.9. The van der Waals surface area contributed by atoms with Crippen LogP contribution in [0.1, 0.15) is 24.6 Å². The maximum absolute atomic E-state index is 9.86. The molecule has 90 valence electrons. The lowest BCUT2D eigenvalue weighted by Gasteiger charge is -2.21. The Morgan fingerprint density at radius 2 is 2.18 bits per heavy atom. The molecule has 0 spiro atoms. The molecule has 2 N–H and O–H groups in total. The number of rotatable bonds is 1. The van der Waals surface area contributed by atoms with Crippen LogP contribution in [0.25, 0.3) is 5.52 Å². The van der Waals surface area contributed by atoms with Gasteiger partial charge in [-0.15, -0.1) is 0 Å². The van der Waals surface area contributed by atoms with E-state index in [1.807, 2.05) is 16.7 Å². The molecular formula is C12H14BrN3O. The molecule has 0 bridgehead atoms. The van der Waals surface area contributed by atoms with Crippen molar-refractivity contribution in [2.45, 2.75) is 18.8 Å². The maximum atomic E-state index is 9.86. The average molecular weight is 296 g/mol. The molecule has 1 fully saturated rings. The number of aromatic nitrogens is 2. The van der Waals surface area contributed by atoms with Gasteiger partial charge in [0.2, 0.25) is 0 Å². The summed E-state index contributed by atoms with van der Waals surface area (Å²) in [6.45, 7) is 2.08. The Morgan fingerprint density at radius 1 is 1.41 bits per heavy atom. The summed E-state index contributed by atoms with van der Waals surface area (Å²) in [6, 6.07) is 3.54. The fourth-order valence-corrected chi connectivity index (χ4v) is 3.04. The van der Waals surface area contributed by atoms with E-state index >= 15 is 0 Å². The summed E-state index contributed by atoms with van der Waals surface area (Å²) in [5.41, 5.74) is 0.765. The summed E-state index contributed by atoms with van der Waals surface area (Å²) in [6.07, 6.45) is 4.16. The first kappa shape index (κ1) is 11.0. The van der Waals surface area contributed by atoms with Gasteiger partial charge in [0.1, 0.15) is 21.7 Å². The van der Waals surface area contributed by atoms with Crippen molar-refractivity contribution in [3.8, 4) is 5.75 Å². The molecule has 0 amide bonds. The number of fused-ring (bicyclic) bond motifs is 1. The van der Waals surface area contributed by atoms with Crippen molar-refractivity contribution in [1.29, 1.82) is 0 Å². The summed E-state index contributed by atoms with van der Waals surface area (Å²) in [5, 5.41) is 13.2. The van der Waals surface area contributed by atoms with Crippen molar-refractivity contribution in [3.63, 3.8) is 0 Å². The van der Waals surface area contributed by atoms with Crippen LogP contribution >= 0.6 is 15.9 Å². The van der Waals surface area contributed by atoms with Crippen molar-refractivity contribution in [2.75, 3.05) is 13.1 Å². The second-order valence-electron chi connectivity index (χ2n) is 4.40. The average Bonchev–Trinajstić information content (AvgIpc) is 2.69. The number of aromatic hydroxyl groups is 1. The highest BCUT2D eigenvalue weighted by Crippen LogP contribution is 2.32. The third kappa shape index (κ3) is 1.83. The standard InChI is InChI=1S/C12H14BrN3O/c13-11-10-9(17)2-1-7-16(10)12(15-11)8-3-5-14-6-4-8/h1-2,7-8,14,17H,3-6H2. The van der Waals surface area contributed by atoms with Crippen LogP contribution < -0.4 is 5.32 Å². The van der Waals surface area contributed by atoms with Gasteiger partial charge in [-0.2, -0.15) is 0 Å². The van der Waals surface area contributed by atoms with Gasteiger partial charge in [-0.3, -0.25) is 4.40 Å². The lowest BCUT2D eigenvalue weighted by molar-refractivity contribution is 0.443. The number of imidazole rings is 1. The Labute approximate surface area is 108 Å². The first-order valence-corrected chi connectivity index (χ1v) is 6.63. The molecule has 0 aliphatic carbocycles. The molecule has 1 saturated heterocycles. The Kier molecular flexibility index (Phi) is 2.80. The number of nitrogens with zero attached hydrogens (tertiary/aromatic N) is 2. The topological polar surface area (TPSA) is 49.6 Å². The van der Waals surface area contributed by atoms with Gasteiger partial charge in [-0.25, -0.2) is 4.98 Å². The van der Waals surface area contributed by atoms with Crippen molar-refractivity contribution in [3.05, 3.63) is 28.8 Å². The second-order valence-corrected chi connectivity index (χ2v) is 5.15. The molecular weight excluding hydrogens is 282 g/mol. The van der Waals surface area contributed by atoms with Gasteiger partial charge in [0.25, 0.3) is 0 Å². The van der Waals surface area contributed by atoms with Crippen LogP contribution in [-0.4, -0.2) is 27.6 Å². The fourth-order valence-electron chi connectivity index (χ4n) is 2.47. The lowest BCUT2D eigenvalue weighted by Crippen LogP contribution is -2.27. The smallest absolute Gasteiger partial charge is 0.142 e. The van der Waals surface area contributed by atoms with E-state index in [0.29, 0.717) is 5.92 Å². The Morgan fingerprint density at radius 3 is 2.94 bits per heavy atom. The predicted molar refractivity (Wildman–Crippen MR) is 69.4 cm³/mol. The van der Waals surface area contributed by atoms with Crippen molar-refractivity contribution < 1.29 is 5.11 Å². The molecule has 2 aromatic heterocycles. The van der Waals surface area contributed by atoms with E-state index in [9.17, 15) is 5.11 Å². The molecule has 0 saturated carbocycles. The number of hydrogen-bond acceptors (Lipinski definition) is 3. The van der Waals surface area contributed by atoms with E-state index in [4.69, 9.17) is 0 Å². The molecule has 0 unspecified atom stereocenters. The van der Waals surface area contributed by atoms with Gasteiger partial charge in [0.15, 0.2) is 0 Å². The van der Waals surface area contributed by atoms with Gasteiger partial charge in [-0.05, 0) is 54.0 Å². The van der Waals surface area contributed by atoms with E-state index in [1.165, 1.54) is 0 Å². The van der Waals surface area contributed by atoms with Crippen molar-refractivity contribution in [2.24, 2.45) is 0 Å². The van der Waals surface area contributed by atoms with E-state index in [2.05, 4.69) is 26.2 Å². The van der Waals surface area contributed by atoms with Crippen molar-refractivity contribution >= 4 is 21.4 Å². The first-order chi connectivity index (χ1) is 8.27. The van der Waals surface area contributed by atoms with E-state index in [0.717, 1.165) is 41.9 Å². The zero-order valence-corrected chi connectivity index (χ0v) is 10.9. The summed E-state index contributed by atoms with van der Waals surface area (Å²) >= 11 is 3.43. The molecule has 4 nitrogen and oxygen atoms in total. The van der Waals surface area contributed by atoms with Crippen LogP contribution in [0.5, 0.6) is 5.75 Å². The second kappa shape index (κ2) is 4.31. The third-order valence-electron chi connectivity index (χ3n) is 3.33. The van der Waals surface area contributed by atoms with Crippen LogP contribution in [-0.2, 0) is 0 Å². The van der Waals surface area contributed by atoms with Crippen LogP contribution in [0, 0.1) is 0 Å². The number of nitrogens with one attached hydrogen (secondary N) is 1. The fraction of sp³-hybridized carbons (Fsp3) is 0.417. The van der Waals surface area contributed by atoms with Gasteiger partial charge >= 0.3 is 0 Å². The minimum atomic E-state index is 0.270. The maximum Gasteiger partial charge on any atom is 0.142 e. The van der Waals surface area contributed by atoms with E-state index < -0.39 is 0 Å². The first-order valence-electron chi connectivity index (χ1n) is 5.83. The highest BCUT2D eigenvalue weighted by molar-refractivity contribution is 9.10. The number of hydrogen-bond donors (Lipinski definition) is 2. The number of piperidine rings is 1. The molecule has 0 radical (unpaired) electrons. The van der Waals surface area contributed by atoms with Crippen LogP contribution in [0.2, 0.25) is 0 Å². The van der Waals surface area contributed by atoms with Gasteiger partial charge in [0.05, 0.1) is 0 Å². The molecule has 3 rings (SSSR count). The van der Waals surface area contributed by atoms with Crippen LogP contribution in [0.3, 0.4) is 0 Å². The van der Waals surface area contributed by atoms with Crippen LogP contribution in [0.4, 0.5) is 0 Å². The molecule has 2 aromatic rings. The zero-order valence-electron chi connectivity index (χ0n) is 9.36. The summed E-state index contributed by atoms with van der Waals surface area (Å²) in [4.78, 5) is 4.57. The largest absolute Gasteiger partial charge is 0.506 e. The van der Waals surface area contributed by atoms with E-state index in [-0.39, 0.29) is 5.75 Å². The third-order valence-corrected chi connectivity index (χ3v) is 3.88. The summed E-state index contributed by atoms with van der Waals surface area (Å²) in [5.74, 6) is 1.79. The molecule has 1 aliphatic rings. The SMILES string of the molecule is Oc1cccn2c(C3CCNCC3)nc(Br)c12.